The number of aryl methyl sites for hydroxylation is 1. The Bertz CT molecular complexity index is 1120. The van der Waals surface area contributed by atoms with Crippen LogP contribution in [0, 0.1) is 18.2 Å². The van der Waals surface area contributed by atoms with Gasteiger partial charge in [-0.25, -0.2) is 9.18 Å². The van der Waals surface area contributed by atoms with Crippen LogP contribution in [0.1, 0.15) is 48.7 Å². The van der Waals surface area contributed by atoms with Crippen molar-refractivity contribution in [2.24, 2.45) is 5.41 Å². The molecule has 0 unspecified atom stereocenters. The van der Waals surface area contributed by atoms with Crippen LogP contribution >= 0.6 is 11.6 Å². The largest absolute Gasteiger partial charge is 0.477 e. The van der Waals surface area contributed by atoms with Gasteiger partial charge < -0.3 is 19.5 Å². The van der Waals surface area contributed by atoms with Crippen molar-refractivity contribution < 1.29 is 14.3 Å². The van der Waals surface area contributed by atoms with Gasteiger partial charge in [0.1, 0.15) is 5.56 Å². The predicted octanol–water partition coefficient (Wildman–Crippen LogP) is 3.91. The summed E-state index contributed by atoms with van der Waals surface area (Å²) in [5.74, 6) is -1.86. The second-order valence-corrected chi connectivity index (χ2v) is 9.87. The molecule has 1 aliphatic carbocycles. The van der Waals surface area contributed by atoms with Crippen molar-refractivity contribution in [1.29, 1.82) is 0 Å². The average molecular weight is 436 g/mol. The van der Waals surface area contributed by atoms with Crippen LogP contribution in [0.15, 0.2) is 11.0 Å². The summed E-state index contributed by atoms with van der Waals surface area (Å²) in [4.78, 5) is 28.7. The van der Waals surface area contributed by atoms with Gasteiger partial charge in [-0.05, 0) is 39.3 Å². The van der Waals surface area contributed by atoms with Crippen LogP contribution in [0.4, 0.5) is 10.1 Å². The number of hydrogen-bond acceptors (Lipinski definition) is 4. The molecule has 4 rings (SSSR count). The minimum atomic E-state index is -1.31. The maximum absolute atomic E-state index is 15.7. The van der Waals surface area contributed by atoms with Crippen LogP contribution in [0.2, 0.25) is 5.02 Å². The zero-order valence-corrected chi connectivity index (χ0v) is 18.7. The molecular weight excluding hydrogens is 409 g/mol. The summed E-state index contributed by atoms with van der Waals surface area (Å²) in [6.45, 7) is 7.07. The van der Waals surface area contributed by atoms with E-state index in [0.29, 0.717) is 24.3 Å². The highest BCUT2D eigenvalue weighted by atomic mass is 35.5. The van der Waals surface area contributed by atoms with E-state index in [0.717, 1.165) is 12.8 Å². The molecule has 2 heterocycles. The van der Waals surface area contributed by atoms with Crippen LogP contribution < -0.4 is 10.3 Å². The van der Waals surface area contributed by atoms with Crippen molar-refractivity contribution in [3.05, 3.63) is 38.4 Å². The lowest BCUT2D eigenvalue weighted by Crippen LogP contribution is -2.39. The molecule has 6 nitrogen and oxygen atoms in total. The number of hydrogen-bond donors (Lipinski definition) is 1. The van der Waals surface area contributed by atoms with Crippen molar-refractivity contribution >= 4 is 34.2 Å². The van der Waals surface area contributed by atoms with E-state index in [1.54, 1.807) is 4.57 Å². The SMILES string of the molecule is Cc1c(F)c(N2C[C@H](N(C)C)C(C)(C)C2)c(Cl)c2c1c(=O)c(C(=O)O)cn2C1CC1. The Morgan fingerprint density at radius 1 is 1.33 bits per heavy atom. The Kier molecular flexibility index (Phi) is 4.90. The summed E-state index contributed by atoms with van der Waals surface area (Å²) in [5.41, 5.74) is -0.225. The maximum Gasteiger partial charge on any atom is 0.341 e. The number of carboxylic acid groups (broad SMARTS) is 1. The van der Waals surface area contributed by atoms with Gasteiger partial charge in [0, 0.05) is 36.9 Å². The maximum atomic E-state index is 15.7. The number of rotatable bonds is 4. The highest BCUT2D eigenvalue weighted by molar-refractivity contribution is 6.38. The summed E-state index contributed by atoms with van der Waals surface area (Å²) >= 11 is 6.80. The first kappa shape index (κ1) is 21.1. The normalized spacial score (nSPS) is 21.1. The third-order valence-corrected chi connectivity index (χ3v) is 6.92. The summed E-state index contributed by atoms with van der Waals surface area (Å²) in [6.07, 6.45) is 3.12. The molecule has 1 aliphatic heterocycles. The van der Waals surface area contributed by atoms with Crippen LogP contribution in [0.25, 0.3) is 10.9 Å². The second kappa shape index (κ2) is 6.95. The Morgan fingerprint density at radius 2 is 1.97 bits per heavy atom. The summed E-state index contributed by atoms with van der Waals surface area (Å²) in [5, 5.41) is 9.74. The van der Waals surface area contributed by atoms with Gasteiger partial charge in [-0.15, -0.1) is 0 Å². The Hall–Kier alpha value is -2.12. The molecule has 8 heteroatoms. The fourth-order valence-corrected chi connectivity index (χ4v) is 5.32. The van der Waals surface area contributed by atoms with E-state index in [2.05, 4.69) is 18.7 Å². The Morgan fingerprint density at radius 3 is 2.47 bits per heavy atom. The van der Waals surface area contributed by atoms with Crippen LogP contribution in [-0.2, 0) is 0 Å². The highest BCUT2D eigenvalue weighted by Gasteiger charge is 2.43. The minimum Gasteiger partial charge on any atom is -0.477 e. The lowest BCUT2D eigenvalue weighted by Gasteiger charge is -2.30. The van der Waals surface area contributed by atoms with Gasteiger partial charge in [0.2, 0.25) is 5.43 Å². The first-order valence-corrected chi connectivity index (χ1v) is 10.5. The number of nitrogens with zero attached hydrogens (tertiary/aromatic N) is 3. The third kappa shape index (κ3) is 3.10. The van der Waals surface area contributed by atoms with E-state index in [-0.39, 0.29) is 39.0 Å². The standard InChI is InChI=1S/C22H27ClFN3O3/c1-11-15-18(27(12-6-7-12)8-13(20(15)28)21(29)30)16(23)19(17(11)24)26-9-14(25(4)5)22(2,3)10-26/h8,12,14H,6-7,9-10H2,1-5H3,(H,29,30)/t14-/m0/s1. The number of aromatic nitrogens is 1. The number of fused-ring (bicyclic) bond motifs is 1. The number of likely N-dealkylation sites (N-methyl/N-ethyl adjacent to an activating group) is 1. The van der Waals surface area contributed by atoms with Crippen LogP contribution in [0.3, 0.4) is 0 Å². The van der Waals surface area contributed by atoms with Gasteiger partial charge in [0.15, 0.2) is 5.82 Å². The molecule has 1 atom stereocenters. The van der Waals surface area contributed by atoms with E-state index < -0.39 is 17.2 Å². The number of carbonyl (C=O) groups is 1. The molecule has 2 aromatic rings. The fourth-order valence-electron chi connectivity index (χ4n) is 4.92. The Balaban J connectivity index is 2.01. The molecule has 0 spiro atoms. The molecule has 30 heavy (non-hydrogen) atoms. The molecule has 0 radical (unpaired) electrons. The number of aromatic carboxylic acids is 1. The Labute approximate surface area is 179 Å². The summed E-state index contributed by atoms with van der Waals surface area (Å²) in [7, 11) is 4.02. The van der Waals surface area contributed by atoms with Gasteiger partial charge in [0.25, 0.3) is 0 Å². The lowest BCUT2D eigenvalue weighted by molar-refractivity contribution is 0.0695. The number of halogens is 2. The van der Waals surface area contributed by atoms with Gasteiger partial charge in [-0.2, -0.15) is 0 Å². The summed E-state index contributed by atoms with van der Waals surface area (Å²) in [6, 6.07) is 0.287. The van der Waals surface area contributed by atoms with Crippen molar-refractivity contribution in [1.82, 2.24) is 9.47 Å². The molecular formula is C22H27ClFN3O3. The molecule has 1 aromatic heterocycles. The number of benzene rings is 1. The second-order valence-electron chi connectivity index (χ2n) is 9.49. The van der Waals surface area contributed by atoms with E-state index in [4.69, 9.17) is 11.6 Å². The number of carboxylic acids is 1. The van der Waals surface area contributed by atoms with Crippen molar-refractivity contribution in [2.75, 3.05) is 32.1 Å². The van der Waals surface area contributed by atoms with Crippen molar-refractivity contribution in [3.63, 3.8) is 0 Å². The lowest BCUT2D eigenvalue weighted by atomic mass is 9.87. The van der Waals surface area contributed by atoms with Crippen LogP contribution in [0.5, 0.6) is 0 Å². The number of pyridine rings is 1. The monoisotopic (exact) mass is 435 g/mol. The zero-order valence-electron chi connectivity index (χ0n) is 17.9. The van der Waals surface area contributed by atoms with Crippen molar-refractivity contribution in [3.8, 4) is 0 Å². The quantitative estimate of drug-likeness (QED) is 0.788. The van der Waals surface area contributed by atoms with Crippen molar-refractivity contribution in [2.45, 2.75) is 45.7 Å². The van der Waals surface area contributed by atoms with Gasteiger partial charge in [-0.1, -0.05) is 25.4 Å². The third-order valence-electron chi connectivity index (χ3n) is 6.57. The van der Waals surface area contributed by atoms with E-state index in [1.165, 1.54) is 13.1 Å². The molecule has 2 fully saturated rings. The zero-order chi connectivity index (χ0) is 22.1. The molecule has 2 aliphatic rings. The minimum absolute atomic E-state index is 0.0654. The first-order chi connectivity index (χ1) is 14.0. The van der Waals surface area contributed by atoms with Gasteiger partial charge in [-0.3, -0.25) is 4.79 Å². The van der Waals surface area contributed by atoms with E-state index in [1.807, 2.05) is 19.0 Å². The van der Waals surface area contributed by atoms with Crippen LogP contribution in [-0.4, -0.2) is 53.8 Å². The van der Waals surface area contributed by atoms with E-state index >= 15 is 4.39 Å². The first-order valence-electron chi connectivity index (χ1n) is 10.2. The van der Waals surface area contributed by atoms with Gasteiger partial charge >= 0.3 is 5.97 Å². The van der Waals surface area contributed by atoms with E-state index in [9.17, 15) is 14.7 Å². The smallest absolute Gasteiger partial charge is 0.341 e. The number of anilines is 1. The molecule has 0 amide bonds. The molecule has 1 saturated heterocycles. The topological polar surface area (TPSA) is 65.8 Å². The molecule has 1 aromatic carbocycles. The predicted molar refractivity (Wildman–Crippen MR) is 117 cm³/mol. The molecule has 1 saturated carbocycles. The highest BCUT2D eigenvalue weighted by Crippen LogP contribution is 2.45. The van der Waals surface area contributed by atoms with Gasteiger partial charge in [0.05, 0.1) is 21.6 Å². The molecule has 0 bridgehead atoms. The molecule has 1 N–H and O–H groups in total. The molecule has 162 valence electrons. The fraction of sp³-hybridized carbons (Fsp3) is 0.545. The summed E-state index contributed by atoms with van der Waals surface area (Å²) < 4.78 is 17.4. The average Bonchev–Trinajstić information content (AvgIpc) is 3.43.